The molecule has 0 saturated heterocycles. The summed E-state index contributed by atoms with van der Waals surface area (Å²) in [7, 11) is 0. The molecule has 0 atom stereocenters. The summed E-state index contributed by atoms with van der Waals surface area (Å²) in [5.74, 6) is -0.0143. The van der Waals surface area contributed by atoms with E-state index < -0.39 is 0 Å². The number of amides is 1. The highest BCUT2D eigenvalue weighted by Crippen LogP contribution is 2.35. The molecular weight excluding hydrogens is 671 g/mol. The van der Waals surface area contributed by atoms with E-state index in [0.717, 1.165) is 33.2 Å². The molecule has 0 bridgehead atoms. The zero-order chi connectivity index (χ0) is 28.8. The number of aryl methyl sites for hydroxylation is 1. The average Bonchev–Trinajstić information content (AvgIpc) is 3.43. The van der Waals surface area contributed by atoms with Gasteiger partial charge in [-0.25, -0.2) is 14.8 Å². The minimum absolute atomic E-state index is 0.285. The molecule has 6 nitrogen and oxygen atoms in total. The van der Waals surface area contributed by atoms with Crippen molar-refractivity contribution in [2.24, 2.45) is 5.10 Å². The van der Waals surface area contributed by atoms with Gasteiger partial charge in [0.05, 0.1) is 20.9 Å². The van der Waals surface area contributed by atoms with Gasteiger partial charge in [-0.3, -0.25) is 4.79 Å². The number of rotatable bonds is 9. The average molecular weight is 694 g/mol. The van der Waals surface area contributed by atoms with Crippen LogP contribution in [-0.2, 0) is 6.61 Å². The normalized spacial score (nSPS) is 11.0. The number of nitrogens with zero attached hydrogens (tertiary/aromatic N) is 2. The molecule has 0 aliphatic heterocycles. The lowest BCUT2D eigenvalue weighted by Gasteiger charge is -2.11. The lowest BCUT2D eigenvalue weighted by molar-refractivity contribution is 0.0955. The Labute approximate surface area is 257 Å². The summed E-state index contributed by atoms with van der Waals surface area (Å²) in [6, 6.07) is 25.1. The summed E-state index contributed by atoms with van der Waals surface area (Å²) < 4.78 is 20.4. The number of benzene rings is 4. The number of nitrogens with one attached hydrogen (secondary N) is 2. The van der Waals surface area contributed by atoms with Crippen LogP contribution in [-0.4, -0.2) is 17.1 Å². The van der Waals surface area contributed by atoms with Crippen molar-refractivity contribution in [2.75, 3.05) is 5.32 Å². The minimum Gasteiger partial charge on any atom is -0.487 e. The molecule has 0 spiro atoms. The standard InChI is InChI=1S/C31H23Br2FN4O2S/c1-19-2-12-25(13-3-19)36-31-37-28(18-41-31)22-6-8-23(9-7-22)30(39)38-35-16-21-14-26(32)29(27(33)15-21)40-17-20-4-10-24(34)11-5-20/h2-16,18H,17H2,1H3,(H,36,37)(H,38,39)/b35-16-. The molecule has 2 N–H and O–H groups in total. The zero-order valence-electron chi connectivity index (χ0n) is 21.7. The Kier molecular flexibility index (Phi) is 9.23. The number of carbonyl (C=O) groups is 1. The lowest BCUT2D eigenvalue weighted by atomic mass is 10.1. The first kappa shape index (κ1) is 28.7. The first-order chi connectivity index (χ1) is 19.8. The van der Waals surface area contributed by atoms with Crippen LogP contribution >= 0.6 is 43.2 Å². The fraction of sp³-hybridized carbons (Fsp3) is 0.0645. The molecule has 1 heterocycles. The van der Waals surface area contributed by atoms with E-state index in [0.29, 0.717) is 20.3 Å². The van der Waals surface area contributed by atoms with Gasteiger partial charge < -0.3 is 10.1 Å². The lowest BCUT2D eigenvalue weighted by Crippen LogP contribution is -2.17. The second-order valence-corrected chi connectivity index (χ2v) is 11.6. The van der Waals surface area contributed by atoms with Gasteiger partial charge in [0.2, 0.25) is 0 Å². The van der Waals surface area contributed by atoms with Crippen molar-refractivity contribution in [3.8, 4) is 17.0 Å². The number of halogens is 3. The summed E-state index contributed by atoms with van der Waals surface area (Å²) in [6.07, 6.45) is 1.55. The predicted octanol–water partition coefficient (Wildman–Crippen LogP) is 8.87. The van der Waals surface area contributed by atoms with Crippen LogP contribution in [0.15, 0.2) is 104 Å². The molecule has 4 aromatic carbocycles. The molecule has 0 aliphatic carbocycles. The van der Waals surface area contributed by atoms with Gasteiger partial charge in [-0.2, -0.15) is 5.10 Å². The number of hydrogen-bond donors (Lipinski definition) is 2. The molecule has 10 heteroatoms. The van der Waals surface area contributed by atoms with E-state index in [1.807, 2.05) is 53.9 Å². The first-order valence-corrected chi connectivity index (χ1v) is 14.9. The number of hydrazone groups is 1. The minimum atomic E-state index is -0.329. The van der Waals surface area contributed by atoms with E-state index >= 15 is 0 Å². The third-order valence-electron chi connectivity index (χ3n) is 5.95. The molecule has 5 rings (SSSR count). The van der Waals surface area contributed by atoms with Gasteiger partial charge in [-0.05, 0) is 98.4 Å². The third kappa shape index (κ3) is 7.66. The van der Waals surface area contributed by atoms with Crippen LogP contribution < -0.4 is 15.5 Å². The van der Waals surface area contributed by atoms with E-state index in [1.165, 1.54) is 29.0 Å². The summed E-state index contributed by atoms with van der Waals surface area (Å²) in [5.41, 5.74) is 8.55. The Morgan fingerprint density at radius 1 is 1.00 bits per heavy atom. The molecule has 5 aromatic rings. The van der Waals surface area contributed by atoms with Crippen molar-refractivity contribution in [1.82, 2.24) is 10.4 Å². The van der Waals surface area contributed by atoms with Gasteiger partial charge in [-0.15, -0.1) is 11.3 Å². The smallest absolute Gasteiger partial charge is 0.271 e. The van der Waals surface area contributed by atoms with Crippen LogP contribution in [0.2, 0.25) is 0 Å². The molecule has 206 valence electrons. The monoisotopic (exact) mass is 692 g/mol. The number of thiazole rings is 1. The fourth-order valence-electron chi connectivity index (χ4n) is 3.77. The Bertz CT molecular complexity index is 1670. The van der Waals surface area contributed by atoms with Gasteiger partial charge in [0, 0.05) is 22.2 Å². The van der Waals surface area contributed by atoms with E-state index in [2.05, 4.69) is 59.6 Å². The van der Waals surface area contributed by atoms with Gasteiger partial charge >= 0.3 is 0 Å². The maximum absolute atomic E-state index is 13.1. The van der Waals surface area contributed by atoms with Crippen LogP contribution in [0.5, 0.6) is 5.75 Å². The summed E-state index contributed by atoms with van der Waals surface area (Å²) in [4.78, 5) is 17.3. The number of anilines is 2. The molecule has 0 aliphatic rings. The zero-order valence-corrected chi connectivity index (χ0v) is 25.7. The largest absolute Gasteiger partial charge is 0.487 e. The quantitative estimate of drug-likeness (QED) is 0.119. The van der Waals surface area contributed by atoms with Crippen molar-refractivity contribution in [3.05, 3.63) is 127 Å². The van der Waals surface area contributed by atoms with Crippen molar-refractivity contribution >= 4 is 66.1 Å². The van der Waals surface area contributed by atoms with Crippen molar-refractivity contribution in [1.29, 1.82) is 0 Å². The van der Waals surface area contributed by atoms with Crippen LogP contribution in [0, 0.1) is 12.7 Å². The maximum atomic E-state index is 13.1. The van der Waals surface area contributed by atoms with Crippen molar-refractivity contribution in [2.45, 2.75) is 13.5 Å². The summed E-state index contributed by atoms with van der Waals surface area (Å²) in [6.45, 7) is 2.34. The van der Waals surface area contributed by atoms with E-state index in [-0.39, 0.29) is 18.3 Å². The van der Waals surface area contributed by atoms with Crippen LogP contribution in [0.1, 0.15) is 27.0 Å². The molecule has 41 heavy (non-hydrogen) atoms. The second-order valence-electron chi connectivity index (χ2n) is 9.03. The van der Waals surface area contributed by atoms with Crippen molar-refractivity contribution < 1.29 is 13.9 Å². The first-order valence-electron chi connectivity index (χ1n) is 12.4. The van der Waals surface area contributed by atoms with Gasteiger partial charge in [0.1, 0.15) is 18.2 Å². The number of aromatic nitrogens is 1. The molecular formula is C31H23Br2FN4O2S. The Balaban J connectivity index is 1.16. The van der Waals surface area contributed by atoms with E-state index in [1.54, 1.807) is 30.5 Å². The molecule has 0 fully saturated rings. The fourth-order valence-corrected chi connectivity index (χ4v) is 5.97. The van der Waals surface area contributed by atoms with Crippen LogP contribution in [0.3, 0.4) is 0 Å². The highest BCUT2D eigenvalue weighted by molar-refractivity contribution is 9.11. The summed E-state index contributed by atoms with van der Waals surface area (Å²) >= 11 is 8.55. The Morgan fingerprint density at radius 3 is 2.37 bits per heavy atom. The van der Waals surface area contributed by atoms with Crippen LogP contribution in [0.25, 0.3) is 11.3 Å². The van der Waals surface area contributed by atoms with E-state index in [4.69, 9.17) is 4.74 Å². The summed E-state index contributed by atoms with van der Waals surface area (Å²) in [5, 5.41) is 10.2. The Morgan fingerprint density at radius 2 is 1.68 bits per heavy atom. The Hall–Kier alpha value is -3.86. The number of hydrogen-bond acceptors (Lipinski definition) is 6. The molecule has 0 saturated carbocycles. The molecule has 0 radical (unpaired) electrons. The van der Waals surface area contributed by atoms with Gasteiger partial charge in [0.25, 0.3) is 5.91 Å². The molecule has 1 aromatic heterocycles. The predicted molar refractivity (Wildman–Crippen MR) is 170 cm³/mol. The molecule has 0 unspecified atom stereocenters. The second kappa shape index (κ2) is 13.2. The SMILES string of the molecule is Cc1ccc(Nc2nc(-c3ccc(C(=O)N/N=C\c4cc(Br)c(OCc5ccc(F)cc5)c(Br)c4)cc3)cs2)cc1. The maximum Gasteiger partial charge on any atom is 0.271 e. The van der Waals surface area contributed by atoms with Gasteiger partial charge in [-0.1, -0.05) is 42.0 Å². The number of carbonyl (C=O) groups excluding carboxylic acids is 1. The van der Waals surface area contributed by atoms with E-state index in [9.17, 15) is 9.18 Å². The van der Waals surface area contributed by atoms with Gasteiger partial charge in [0.15, 0.2) is 5.13 Å². The highest BCUT2D eigenvalue weighted by atomic mass is 79.9. The number of ether oxygens (including phenoxy) is 1. The molecule has 1 amide bonds. The van der Waals surface area contributed by atoms with Crippen LogP contribution in [0.4, 0.5) is 15.2 Å². The van der Waals surface area contributed by atoms with Crippen molar-refractivity contribution in [3.63, 3.8) is 0 Å². The highest BCUT2D eigenvalue weighted by Gasteiger charge is 2.11. The topological polar surface area (TPSA) is 75.6 Å². The third-order valence-corrected chi connectivity index (χ3v) is 7.88.